The predicted octanol–water partition coefficient (Wildman–Crippen LogP) is 15.3. The molecule has 11 aromatic rings. The molecule has 0 saturated carbocycles. The fourth-order valence-corrected chi connectivity index (χ4v) is 12.1. The van der Waals surface area contributed by atoms with E-state index in [2.05, 4.69) is 212 Å². The maximum atomic E-state index is 6.84. The summed E-state index contributed by atoms with van der Waals surface area (Å²) in [5.41, 5.74) is 20.3. The first-order chi connectivity index (χ1) is 30.7. The minimum atomic E-state index is -0.122. The van der Waals surface area contributed by atoms with Gasteiger partial charge >= 0.3 is 0 Å². The van der Waals surface area contributed by atoms with E-state index in [0.29, 0.717) is 0 Å². The molecule has 64 heavy (non-hydrogen) atoms. The summed E-state index contributed by atoms with van der Waals surface area (Å²) in [5.74, 6) is 0. The maximum absolute atomic E-state index is 6.84. The molecule has 0 saturated heterocycles. The quantitative estimate of drug-likeness (QED) is 0.180. The van der Waals surface area contributed by atoms with Crippen molar-refractivity contribution < 1.29 is 4.42 Å². The van der Waals surface area contributed by atoms with E-state index < -0.39 is 0 Å². The highest BCUT2D eigenvalue weighted by Crippen LogP contribution is 2.50. The second kappa shape index (κ2) is 12.8. The largest absolute Gasteiger partial charge is 0.456 e. The molecule has 1 N–H and O–H groups in total. The fraction of sp³-hybridized carbons (Fsp3) is 0.186. The summed E-state index contributed by atoms with van der Waals surface area (Å²) in [6.45, 7) is 18.4. The Kier molecular flexibility index (Phi) is 7.59. The van der Waals surface area contributed by atoms with Crippen molar-refractivity contribution in [3.05, 3.63) is 162 Å². The lowest BCUT2D eigenvalue weighted by Gasteiger charge is -2.27. The third-order valence-corrected chi connectivity index (χ3v) is 15.7. The third kappa shape index (κ3) is 5.34. The first-order valence-corrected chi connectivity index (χ1v) is 23.5. The van der Waals surface area contributed by atoms with Crippen LogP contribution in [0.2, 0.25) is 0 Å². The van der Waals surface area contributed by atoms with Crippen LogP contribution in [0.3, 0.4) is 0 Å². The molecule has 4 heterocycles. The minimum absolute atomic E-state index is 0.00720. The monoisotopic (exact) mass is 843 g/mol. The molecule has 0 bridgehead atoms. The Bertz CT molecular complexity index is 3830. The zero-order valence-corrected chi connectivity index (χ0v) is 38.4. The van der Waals surface area contributed by atoms with Crippen LogP contribution in [0.25, 0.3) is 91.9 Å². The Morgan fingerprint density at radius 3 is 2.09 bits per heavy atom. The number of fused-ring (bicyclic) bond motifs is 14. The van der Waals surface area contributed by atoms with Crippen LogP contribution in [0.15, 0.2) is 144 Å². The fourth-order valence-electron chi connectivity index (χ4n) is 11.0. The summed E-state index contributed by atoms with van der Waals surface area (Å²) in [4.78, 5) is 0. The summed E-state index contributed by atoms with van der Waals surface area (Å²) in [6.07, 6.45) is 0. The number of nitrogens with zero attached hydrogens (tertiary/aromatic N) is 1. The molecule has 5 heteroatoms. The summed E-state index contributed by atoms with van der Waals surface area (Å²) in [5, 5.41) is 11.3. The average molecular weight is 844 g/mol. The molecule has 8 aromatic carbocycles. The van der Waals surface area contributed by atoms with Gasteiger partial charge in [-0.1, -0.05) is 146 Å². The first-order valence-electron chi connectivity index (χ1n) is 22.7. The highest BCUT2D eigenvalue weighted by atomic mass is 32.1. The highest BCUT2D eigenvalue weighted by molar-refractivity contribution is 7.25. The lowest BCUT2D eigenvalue weighted by atomic mass is 9.58. The molecule has 0 atom stereocenters. The first kappa shape index (κ1) is 38.0. The van der Waals surface area contributed by atoms with Crippen molar-refractivity contribution in [3.63, 3.8) is 0 Å². The van der Waals surface area contributed by atoms with Crippen molar-refractivity contribution in [1.29, 1.82) is 0 Å². The van der Waals surface area contributed by atoms with Crippen LogP contribution in [0, 0.1) is 0 Å². The zero-order valence-electron chi connectivity index (χ0n) is 37.6. The second-order valence-corrected chi connectivity index (χ2v) is 22.0. The summed E-state index contributed by atoms with van der Waals surface area (Å²) in [7, 11) is 2.48. The summed E-state index contributed by atoms with van der Waals surface area (Å²) < 4.78 is 12.1. The van der Waals surface area contributed by atoms with E-state index in [1.807, 2.05) is 11.3 Å². The molecule has 3 nitrogen and oxygen atoms in total. The summed E-state index contributed by atoms with van der Waals surface area (Å²) in [6, 6.07) is 52.8. The van der Waals surface area contributed by atoms with Crippen molar-refractivity contribution in [2.45, 2.75) is 71.6 Å². The van der Waals surface area contributed by atoms with E-state index in [1.165, 1.54) is 97.5 Å². The Hall–Kier alpha value is -6.56. The van der Waals surface area contributed by atoms with Gasteiger partial charge in [-0.3, -0.25) is 0 Å². The van der Waals surface area contributed by atoms with Gasteiger partial charge in [0.15, 0.2) is 7.28 Å². The van der Waals surface area contributed by atoms with Crippen LogP contribution in [-0.2, 0) is 16.2 Å². The Morgan fingerprint density at radius 1 is 0.547 bits per heavy atom. The third-order valence-electron chi connectivity index (χ3n) is 14.5. The molecule has 309 valence electrons. The van der Waals surface area contributed by atoms with Crippen LogP contribution < -0.4 is 16.2 Å². The predicted molar refractivity (Wildman–Crippen MR) is 276 cm³/mol. The van der Waals surface area contributed by atoms with Crippen molar-refractivity contribution in [2.24, 2.45) is 0 Å². The van der Waals surface area contributed by atoms with Crippen LogP contribution >= 0.6 is 11.3 Å². The number of nitrogens with one attached hydrogen (secondary N) is 1. The van der Waals surface area contributed by atoms with Gasteiger partial charge in [-0.25, -0.2) is 0 Å². The Balaban J connectivity index is 1.10. The van der Waals surface area contributed by atoms with Gasteiger partial charge in [0.05, 0.1) is 5.52 Å². The van der Waals surface area contributed by atoms with Crippen LogP contribution in [0.5, 0.6) is 0 Å². The average Bonchev–Trinajstić information content (AvgIpc) is 3.98. The Labute approximate surface area is 378 Å². The molecule has 1 aliphatic carbocycles. The number of hydrogen-bond acceptors (Lipinski definition) is 3. The van der Waals surface area contributed by atoms with Gasteiger partial charge in [-0.15, -0.1) is 11.3 Å². The van der Waals surface area contributed by atoms with Gasteiger partial charge in [0.25, 0.3) is 0 Å². The molecule has 1 radical (unpaired) electrons. The van der Waals surface area contributed by atoms with E-state index >= 15 is 0 Å². The SMILES string of the molecule is CC(C)(C)c1ccc(Nc2cc3c(cc2-c2ccc4c5cc6sc7ccccc7c6cc5n5c4c2[B]c2cc4c(cc2-5)-c2ccccc2C4(C)C)oc2cc(C(C)(C)C)ccc23)cc1. The highest BCUT2D eigenvalue weighted by Gasteiger charge is 2.38. The van der Waals surface area contributed by atoms with Crippen LogP contribution in [0.1, 0.15) is 77.6 Å². The minimum Gasteiger partial charge on any atom is -0.456 e. The van der Waals surface area contributed by atoms with Crippen molar-refractivity contribution in [3.8, 4) is 27.9 Å². The maximum Gasteiger partial charge on any atom is 0.197 e. The zero-order chi connectivity index (χ0) is 43.6. The summed E-state index contributed by atoms with van der Waals surface area (Å²) >= 11 is 1.89. The topological polar surface area (TPSA) is 30.1 Å². The molecule has 0 fully saturated rings. The number of hydrogen-bond donors (Lipinski definition) is 1. The van der Waals surface area contributed by atoms with E-state index in [0.717, 1.165) is 38.9 Å². The standard InChI is InChI=1S/C59H48BN2OS/c1-57(2,3)32-17-20-34(21-18-32)61-48-26-43-36-22-19-33(58(4,5)6)25-51(36)63-52(43)29-41(48)38-23-24-39-42-30-54-44(37-14-10-12-16-53(37)64-54)28-49(42)62-50-27-40-35-13-9-11-15-45(35)59(7,8)46(40)31-47(50)60-55(38)56(39)62/h9-31,61H,1-8H3. The van der Waals surface area contributed by atoms with Gasteiger partial charge in [-0.2, -0.15) is 0 Å². The van der Waals surface area contributed by atoms with Crippen LogP contribution in [0.4, 0.5) is 11.4 Å². The molecular weight excluding hydrogens is 796 g/mol. The second-order valence-electron chi connectivity index (χ2n) is 20.9. The molecule has 0 spiro atoms. The number of thiophene rings is 1. The number of benzene rings is 8. The molecule has 1 aliphatic heterocycles. The Morgan fingerprint density at radius 2 is 1.28 bits per heavy atom. The number of anilines is 2. The number of rotatable bonds is 3. The van der Waals surface area contributed by atoms with Crippen molar-refractivity contribution in [2.75, 3.05) is 5.32 Å². The van der Waals surface area contributed by atoms with Crippen molar-refractivity contribution in [1.82, 2.24) is 4.57 Å². The van der Waals surface area contributed by atoms with Crippen LogP contribution in [-0.4, -0.2) is 11.8 Å². The number of furan rings is 1. The van der Waals surface area contributed by atoms with Gasteiger partial charge in [0, 0.05) is 75.3 Å². The van der Waals surface area contributed by atoms with Gasteiger partial charge < -0.3 is 14.3 Å². The van der Waals surface area contributed by atoms with Gasteiger partial charge in [0.2, 0.25) is 0 Å². The molecular formula is C59H48BN2OS. The van der Waals surface area contributed by atoms with Gasteiger partial charge in [-0.05, 0) is 110 Å². The van der Waals surface area contributed by atoms with E-state index in [9.17, 15) is 0 Å². The molecule has 2 aliphatic rings. The van der Waals surface area contributed by atoms with E-state index in [1.54, 1.807) is 0 Å². The molecule has 0 unspecified atom stereocenters. The smallest absolute Gasteiger partial charge is 0.197 e. The lowest BCUT2D eigenvalue weighted by Crippen LogP contribution is -2.38. The normalized spacial score (nSPS) is 14.2. The van der Waals surface area contributed by atoms with Gasteiger partial charge in [0.1, 0.15) is 11.2 Å². The van der Waals surface area contributed by atoms with E-state index in [4.69, 9.17) is 4.42 Å². The lowest BCUT2D eigenvalue weighted by molar-refractivity contribution is 0.587. The molecule has 3 aromatic heterocycles. The van der Waals surface area contributed by atoms with E-state index in [-0.39, 0.29) is 16.2 Å². The molecule has 0 amide bonds. The van der Waals surface area contributed by atoms with Crippen molar-refractivity contribution >= 4 is 105 Å². The molecule has 13 rings (SSSR count). The number of aromatic nitrogens is 1.